The largest absolute Gasteiger partial charge is 0.407 e. The van der Waals surface area contributed by atoms with Crippen LogP contribution in [0.25, 0.3) is 6.08 Å². The van der Waals surface area contributed by atoms with E-state index in [0.29, 0.717) is 11.3 Å². The van der Waals surface area contributed by atoms with Crippen molar-refractivity contribution in [2.24, 2.45) is 0 Å². The lowest BCUT2D eigenvalue weighted by atomic mass is 10.1. The summed E-state index contributed by atoms with van der Waals surface area (Å²) in [5.74, 6) is 0. The first-order valence-corrected chi connectivity index (χ1v) is 11.7. The van der Waals surface area contributed by atoms with Gasteiger partial charge in [-0.3, -0.25) is 0 Å². The maximum absolute atomic E-state index is 14.2. The second kappa shape index (κ2) is 10.2. The summed E-state index contributed by atoms with van der Waals surface area (Å²) >= 11 is 0. The molecular formula is C25H25F3N2O2S. The topological polar surface area (TPSA) is 58.2 Å². The normalized spacial score (nSPS) is 14.2. The molecule has 0 aliphatic carbocycles. The molecule has 0 aliphatic rings. The minimum absolute atomic E-state index is 0.233. The first-order chi connectivity index (χ1) is 15.5. The summed E-state index contributed by atoms with van der Waals surface area (Å²) in [4.78, 5) is -0.233. The quantitative estimate of drug-likeness (QED) is 0.440. The smallest absolute Gasteiger partial charge is 0.377 e. The molecule has 3 aromatic carbocycles. The summed E-state index contributed by atoms with van der Waals surface area (Å²) in [6.45, 7) is 3.63. The molecule has 3 aromatic rings. The monoisotopic (exact) mass is 474 g/mol. The molecular weight excluding hydrogens is 449 g/mol. The fourth-order valence-corrected chi connectivity index (χ4v) is 4.41. The molecule has 2 N–H and O–H groups in total. The van der Waals surface area contributed by atoms with Crippen LogP contribution in [0.1, 0.15) is 16.7 Å². The molecule has 0 aliphatic heterocycles. The molecule has 4 nitrogen and oxygen atoms in total. The first kappa shape index (κ1) is 24.5. The number of anilines is 1. The third kappa shape index (κ3) is 6.94. The number of aryl methyl sites for hydroxylation is 2. The van der Waals surface area contributed by atoms with Gasteiger partial charge in [-0.05, 0) is 43.7 Å². The van der Waals surface area contributed by atoms with Crippen molar-refractivity contribution >= 4 is 21.8 Å². The van der Waals surface area contributed by atoms with E-state index in [1.54, 1.807) is 61.5 Å². The van der Waals surface area contributed by atoms with Gasteiger partial charge in [-0.25, -0.2) is 8.42 Å². The fraction of sp³-hybridized carbons (Fsp3) is 0.200. The molecule has 174 valence electrons. The van der Waals surface area contributed by atoms with Gasteiger partial charge < -0.3 is 5.32 Å². The Kier molecular flexibility index (Phi) is 7.61. The summed E-state index contributed by atoms with van der Waals surface area (Å²) < 4.78 is 70.0. The number of nitrogens with one attached hydrogen (secondary N) is 2. The molecule has 0 aromatic heterocycles. The van der Waals surface area contributed by atoms with Crippen molar-refractivity contribution in [1.29, 1.82) is 0 Å². The Morgan fingerprint density at radius 1 is 0.818 bits per heavy atom. The number of alkyl halides is 3. The van der Waals surface area contributed by atoms with Crippen LogP contribution < -0.4 is 10.0 Å². The van der Waals surface area contributed by atoms with Crippen LogP contribution in [0.5, 0.6) is 0 Å². The van der Waals surface area contributed by atoms with E-state index < -0.39 is 28.3 Å². The lowest BCUT2D eigenvalue weighted by molar-refractivity contribution is -0.152. The third-order valence-electron chi connectivity index (χ3n) is 5.01. The summed E-state index contributed by atoms with van der Waals surface area (Å²) in [5.41, 5.74) is 2.87. The average molecular weight is 475 g/mol. The molecule has 0 unspecified atom stereocenters. The Balaban J connectivity index is 1.98. The molecule has 3 rings (SSSR count). The summed E-state index contributed by atoms with van der Waals surface area (Å²) in [6, 6.07) is 17.5. The van der Waals surface area contributed by atoms with Crippen LogP contribution in [-0.4, -0.2) is 26.7 Å². The third-order valence-corrected chi connectivity index (χ3v) is 6.46. The van der Waals surface area contributed by atoms with Crippen LogP contribution in [0.4, 0.5) is 18.9 Å². The highest BCUT2D eigenvalue weighted by Crippen LogP contribution is 2.27. The van der Waals surface area contributed by atoms with Crippen molar-refractivity contribution in [2.75, 3.05) is 5.32 Å². The van der Waals surface area contributed by atoms with Crippen molar-refractivity contribution in [3.63, 3.8) is 0 Å². The van der Waals surface area contributed by atoms with Crippen LogP contribution in [0.3, 0.4) is 0 Å². The van der Waals surface area contributed by atoms with E-state index in [2.05, 4.69) is 5.32 Å². The zero-order valence-corrected chi connectivity index (χ0v) is 19.0. The van der Waals surface area contributed by atoms with Gasteiger partial charge in [0.15, 0.2) is 0 Å². The van der Waals surface area contributed by atoms with Gasteiger partial charge >= 0.3 is 6.18 Å². The standard InChI is InChI=1S/C25H25F3N2O2S/c1-18-8-13-21(14-9-18)29-23(17-12-20-6-4-3-5-7-20)24(25(26,27)28)30-33(31,32)22-15-10-19(2)11-16-22/h3-17,23-24,29-30H,1-2H3/b17-12+/t23-,24+/m0/s1. The number of rotatable bonds is 8. The summed E-state index contributed by atoms with van der Waals surface area (Å²) in [5, 5.41) is 2.83. The minimum atomic E-state index is -4.86. The first-order valence-electron chi connectivity index (χ1n) is 10.3. The van der Waals surface area contributed by atoms with Gasteiger partial charge in [-0.2, -0.15) is 17.9 Å². The minimum Gasteiger partial charge on any atom is -0.377 e. The van der Waals surface area contributed by atoms with E-state index in [1.807, 2.05) is 11.6 Å². The molecule has 0 fully saturated rings. The Morgan fingerprint density at radius 2 is 1.36 bits per heavy atom. The molecule has 8 heteroatoms. The van der Waals surface area contributed by atoms with E-state index in [9.17, 15) is 21.6 Å². The molecule has 2 atom stereocenters. The van der Waals surface area contributed by atoms with Crippen LogP contribution >= 0.6 is 0 Å². The van der Waals surface area contributed by atoms with Crippen LogP contribution in [0.2, 0.25) is 0 Å². The van der Waals surface area contributed by atoms with Gasteiger partial charge in [0.2, 0.25) is 10.0 Å². The van der Waals surface area contributed by atoms with Crippen molar-refractivity contribution < 1.29 is 21.6 Å². The zero-order valence-electron chi connectivity index (χ0n) is 18.2. The van der Waals surface area contributed by atoms with Crippen molar-refractivity contribution in [1.82, 2.24) is 4.72 Å². The predicted molar refractivity (Wildman–Crippen MR) is 125 cm³/mol. The van der Waals surface area contributed by atoms with Crippen LogP contribution in [0, 0.1) is 13.8 Å². The van der Waals surface area contributed by atoms with Crippen molar-refractivity contribution in [3.8, 4) is 0 Å². The lowest BCUT2D eigenvalue weighted by Gasteiger charge is -2.29. The van der Waals surface area contributed by atoms with E-state index in [0.717, 1.165) is 11.1 Å². The van der Waals surface area contributed by atoms with Gasteiger partial charge in [0.25, 0.3) is 0 Å². The van der Waals surface area contributed by atoms with E-state index >= 15 is 0 Å². The van der Waals surface area contributed by atoms with Crippen molar-refractivity contribution in [2.45, 2.75) is 37.0 Å². The maximum Gasteiger partial charge on any atom is 0.407 e. The molecule has 0 saturated heterocycles. The highest BCUT2D eigenvalue weighted by atomic mass is 32.2. The maximum atomic E-state index is 14.2. The van der Waals surface area contributed by atoms with Gasteiger partial charge in [0.05, 0.1) is 10.9 Å². The van der Waals surface area contributed by atoms with Gasteiger partial charge in [-0.1, -0.05) is 77.9 Å². The fourth-order valence-electron chi connectivity index (χ4n) is 3.16. The highest BCUT2D eigenvalue weighted by molar-refractivity contribution is 7.89. The Bertz CT molecular complexity index is 1180. The summed E-state index contributed by atoms with van der Waals surface area (Å²) in [7, 11) is -4.43. The lowest BCUT2D eigenvalue weighted by Crippen LogP contribution is -2.54. The number of sulfonamides is 1. The molecule has 0 saturated carbocycles. The van der Waals surface area contributed by atoms with E-state index in [1.165, 1.54) is 36.4 Å². The second-order valence-electron chi connectivity index (χ2n) is 7.76. The number of halogens is 3. The summed E-state index contributed by atoms with van der Waals surface area (Å²) in [6.07, 6.45) is -2.00. The van der Waals surface area contributed by atoms with Crippen LogP contribution in [-0.2, 0) is 10.0 Å². The molecule has 0 bridgehead atoms. The second-order valence-corrected chi connectivity index (χ2v) is 9.47. The Morgan fingerprint density at radius 3 is 1.91 bits per heavy atom. The number of benzene rings is 3. The number of hydrogen-bond acceptors (Lipinski definition) is 3. The Labute approximate surface area is 192 Å². The van der Waals surface area contributed by atoms with Crippen molar-refractivity contribution in [3.05, 3.63) is 102 Å². The molecule has 0 amide bonds. The Hall–Kier alpha value is -3.10. The zero-order chi connectivity index (χ0) is 24.1. The molecule has 0 heterocycles. The van der Waals surface area contributed by atoms with Crippen LogP contribution in [0.15, 0.2) is 89.8 Å². The van der Waals surface area contributed by atoms with Gasteiger partial charge in [-0.15, -0.1) is 0 Å². The van der Waals surface area contributed by atoms with Gasteiger partial charge in [0.1, 0.15) is 6.04 Å². The highest BCUT2D eigenvalue weighted by Gasteiger charge is 2.46. The van der Waals surface area contributed by atoms with E-state index in [-0.39, 0.29) is 4.90 Å². The van der Waals surface area contributed by atoms with Gasteiger partial charge in [0, 0.05) is 5.69 Å². The van der Waals surface area contributed by atoms with E-state index in [4.69, 9.17) is 0 Å². The SMILES string of the molecule is Cc1ccc(N[C@@H](/C=C/c2ccccc2)[C@@H](NS(=O)(=O)c2ccc(C)cc2)C(F)(F)F)cc1. The number of hydrogen-bond donors (Lipinski definition) is 2. The predicted octanol–water partition coefficient (Wildman–Crippen LogP) is 5.71. The molecule has 0 radical (unpaired) electrons. The average Bonchev–Trinajstić information content (AvgIpc) is 2.77. The molecule has 33 heavy (non-hydrogen) atoms. The molecule has 0 spiro atoms.